The van der Waals surface area contributed by atoms with E-state index in [0.29, 0.717) is 5.69 Å². The Balaban J connectivity index is 1.96. The molecule has 3 nitrogen and oxygen atoms in total. The predicted octanol–water partition coefficient (Wildman–Crippen LogP) is 3.53. The van der Waals surface area contributed by atoms with Crippen molar-refractivity contribution >= 4 is 27.4 Å². The van der Waals surface area contributed by atoms with Gasteiger partial charge in [-0.2, -0.15) is 0 Å². The molecular formula is C14H15BrFN3. The molecule has 100 valence electrons. The van der Waals surface area contributed by atoms with Gasteiger partial charge < -0.3 is 11.1 Å². The standard InChI is InChI=1S/C14H15BrFN3/c1-9-6-11(16)3-2-10(9)4-5-18-14-13(15)7-12(17)8-19-14/h2-3,6-8H,4-5,17H2,1H3,(H,18,19). The first-order chi connectivity index (χ1) is 9.06. The van der Waals surface area contributed by atoms with Crippen molar-refractivity contribution < 1.29 is 4.39 Å². The summed E-state index contributed by atoms with van der Waals surface area (Å²) in [7, 11) is 0. The van der Waals surface area contributed by atoms with Crippen LogP contribution in [0.1, 0.15) is 11.1 Å². The predicted molar refractivity (Wildman–Crippen MR) is 79.7 cm³/mol. The molecule has 0 bridgehead atoms. The number of nitrogen functional groups attached to an aromatic ring is 1. The van der Waals surface area contributed by atoms with E-state index in [9.17, 15) is 4.39 Å². The molecule has 0 aliphatic rings. The molecule has 0 radical (unpaired) electrons. The molecule has 0 unspecified atom stereocenters. The highest BCUT2D eigenvalue weighted by molar-refractivity contribution is 9.10. The fraction of sp³-hybridized carbons (Fsp3) is 0.214. The van der Waals surface area contributed by atoms with Gasteiger partial charge in [0.05, 0.1) is 16.4 Å². The lowest BCUT2D eigenvalue weighted by molar-refractivity contribution is 0.625. The van der Waals surface area contributed by atoms with Crippen LogP contribution in [0.3, 0.4) is 0 Å². The third-order valence-electron chi connectivity index (χ3n) is 2.85. The van der Waals surface area contributed by atoms with Crippen LogP contribution in [0.4, 0.5) is 15.9 Å². The molecular weight excluding hydrogens is 309 g/mol. The molecule has 3 N–H and O–H groups in total. The first-order valence-electron chi connectivity index (χ1n) is 5.96. The van der Waals surface area contributed by atoms with Gasteiger partial charge in [-0.3, -0.25) is 0 Å². The van der Waals surface area contributed by atoms with E-state index < -0.39 is 0 Å². The van der Waals surface area contributed by atoms with Crippen molar-refractivity contribution in [3.63, 3.8) is 0 Å². The Bertz CT molecular complexity index is 535. The third kappa shape index (κ3) is 3.67. The van der Waals surface area contributed by atoms with Gasteiger partial charge in [0.25, 0.3) is 0 Å². The van der Waals surface area contributed by atoms with Gasteiger partial charge in [0, 0.05) is 6.54 Å². The molecule has 1 aromatic heterocycles. The van der Waals surface area contributed by atoms with Crippen LogP contribution in [0.2, 0.25) is 0 Å². The van der Waals surface area contributed by atoms with Crippen LogP contribution in [-0.2, 0) is 6.42 Å². The summed E-state index contributed by atoms with van der Waals surface area (Å²) in [4.78, 5) is 4.20. The van der Waals surface area contributed by atoms with Gasteiger partial charge in [0.15, 0.2) is 0 Å². The second-order valence-corrected chi connectivity index (χ2v) is 5.20. The highest BCUT2D eigenvalue weighted by atomic mass is 79.9. The van der Waals surface area contributed by atoms with Gasteiger partial charge >= 0.3 is 0 Å². The topological polar surface area (TPSA) is 50.9 Å². The number of hydrogen-bond acceptors (Lipinski definition) is 3. The molecule has 1 heterocycles. The van der Waals surface area contributed by atoms with Crippen LogP contribution >= 0.6 is 15.9 Å². The smallest absolute Gasteiger partial charge is 0.140 e. The lowest BCUT2D eigenvalue weighted by atomic mass is 10.1. The molecule has 19 heavy (non-hydrogen) atoms. The maximum absolute atomic E-state index is 13.0. The summed E-state index contributed by atoms with van der Waals surface area (Å²) in [5.41, 5.74) is 8.33. The van der Waals surface area contributed by atoms with E-state index in [2.05, 4.69) is 26.2 Å². The molecule has 1 aromatic carbocycles. The molecule has 5 heteroatoms. The number of nitrogens with one attached hydrogen (secondary N) is 1. The summed E-state index contributed by atoms with van der Waals surface area (Å²) in [6.07, 6.45) is 2.42. The molecule has 0 fully saturated rings. The van der Waals surface area contributed by atoms with Crippen LogP contribution in [0, 0.1) is 12.7 Å². The first kappa shape index (κ1) is 13.8. The van der Waals surface area contributed by atoms with Crippen molar-refractivity contribution in [3.8, 4) is 0 Å². The number of aryl methyl sites for hydroxylation is 1. The number of nitrogens with two attached hydrogens (primary N) is 1. The number of rotatable bonds is 4. The number of hydrogen-bond donors (Lipinski definition) is 2. The monoisotopic (exact) mass is 323 g/mol. The minimum absolute atomic E-state index is 0.197. The fourth-order valence-corrected chi connectivity index (χ4v) is 2.35. The zero-order valence-corrected chi connectivity index (χ0v) is 12.2. The molecule has 0 amide bonds. The summed E-state index contributed by atoms with van der Waals surface area (Å²) >= 11 is 3.40. The van der Waals surface area contributed by atoms with Gasteiger partial charge in [0.2, 0.25) is 0 Å². The van der Waals surface area contributed by atoms with E-state index in [-0.39, 0.29) is 5.82 Å². The average molecular weight is 324 g/mol. The zero-order chi connectivity index (χ0) is 13.8. The Labute approximate surface area is 120 Å². The summed E-state index contributed by atoms with van der Waals surface area (Å²) in [5, 5.41) is 3.22. The number of benzene rings is 1. The molecule has 0 atom stereocenters. The maximum Gasteiger partial charge on any atom is 0.140 e. The van der Waals surface area contributed by atoms with Crippen LogP contribution in [0.5, 0.6) is 0 Å². The van der Waals surface area contributed by atoms with Crippen LogP contribution in [0.25, 0.3) is 0 Å². The first-order valence-corrected chi connectivity index (χ1v) is 6.75. The maximum atomic E-state index is 13.0. The molecule has 0 aliphatic carbocycles. The Morgan fingerprint density at radius 2 is 2.16 bits per heavy atom. The van der Waals surface area contributed by atoms with E-state index in [1.165, 1.54) is 6.07 Å². The summed E-state index contributed by atoms with van der Waals surface area (Å²) < 4.78 is 13.8. The number of anilines is 2. The van der Waals surface area contributed by atoms with Crippen LogP contribution in [0.15, 0.2) is 34.9 Å². The second kappa shape index (κ2) is 6.02. The van der Waals surface area contributed by atoms with Crippen LogP contribution < -0.4 is 11.1 Å². The largest absolute Gasteiger partial charge is 0.397 e. The second-order valence-electron chi connectivity index (χ2n) is 4.35. The SMILES string of the molecule is Cc1cc(F)ccc1CCNc1ncc(N)cc1Br. The van der Waals surface area contributed by atoms with Crippen molar-refractivity contribution in [1.29, 1.82) is 0 Å². The van der Waals surface area contributed by atoms with E-state index in [4.69, 9.17) is 5.73 Å². The van der Waals surface area contributed by atoms with E-state index >= 15 is 0 Å². The summed E-state index contributed by atoms with van der Waals surface area (Å²) in [6, 6.07) is 6.66. The number of pyridine rings is 1. The van der Waals surface area contributed by atoms with Crippen molar-refractivity contribution in [3.05, 3.63) is 51.9 Å². The Hall–Kier alpha value is -1.62. The highest BCUT2D eigenvalue weighted by Gasteiger charge is 2.03. The van der Waals surface area contributed by atoms with Crippen molar-refractivity contribution in [2.24, 2.45) is 0 Å². The number of aromatic nitrogens is 1. The fourth-order valence-electron chi connectivity index (χ4n) is 1.84. The summed E-state index contributed by atoms with van der Waals surface area (Å²) in [5.74, 6) is 0.561. The van der Waals surface area contributed by atoms with Gasteiger partial charge in [-0.1, -0.05) is 6.07 Å². The Morgan fingerprint density at radius 1 is 1.37 bits per heavy atom. The molecule has 0 aliphatic heterocycles. The van der Waals surface area contributed by atoms with Gasteiger partial charge in [-0.05, 0) is 58.6 Å². The third-order valence-corrected chi connectivity index (χ3v) is 3.46. The molecule has 0 saturated carbocycles. The molecule has 2 rings (SSSR count). The van der Waals surface area contributed by atoms with Gasteiger partial charge in [0.1, 0.15) is 11.6 Å². The van der Waals surface area contributed by atoms with Crippen molar-refractivity contribution in [1.82, 2.24) is 4.98 Å². The minimum Gasteiger partial charge on any atom is -0.397 e. The molecule has 0 saturated heterocycles. The quantitative estimate of drug-likeness (QED) is 0.905. The van der Waals surface area contributed by atoms with E-state index in [0.717, 1.165) is 34.4 Å². The number of halogens is 2. The molecule has 0 spiro atoms. The lowest BCUT2D eigenvalue weighted by Crippen LogP contribution is -2.08. The minimum atomic E-state index is -0.197. The normalized spacial score (nSPS) is 10.5. The Kier molecular flexibility index (Phi) is 4.37. The highest BCUT2D eigenvalue weighted by Crippen LogP contribution is 2.21. The average Bonchev–Trinajstić information content (AvgIpc) is 2.34. The summed E-state index contributed by atoms with van der Waals surface area (Å²) in [6.45, 7) is 2.64. The van der Waals surface area contributed by atoms with E-state index in [1.54, 1.807) is 18.3 Å². The van der Waals surface area contributed by atoms with E-state index in [1.807, 2.05) is 13.0 Å². The van der Waals surface area contributed by atoms with Gasteiger partial charge in [-0.25, -0.2) is 9.37 Å². The van der Waals surface area contributed by atoms with Crippen molar-refractivity contribution in [2.45, 2.75) is 13.3 Å². The Morgan fingerprint density at radius 3 is 2.84 bits per heavy atom. The van der Waals surface area contributed by atoms with Gasteiger partial charge in [-0.15, -0.1) is 0 Å². The van der Waals surface area contributed by atoms with Crippen LogP contribution in [-0.4, -0.2) is 11.5 Å². The van der Waals surface area contributed by atoms with Crippen molar-refractivity contribution in [2.75, 3.05) is 17.6 Å². The number of nitrogens with zero attached hydrogens (tertiary/aromatic N) is 1. The zero-order valence-electron chi connectivity index (χ0n) is 10.6. The lowest BCUT2D eigenvalue weighted by Gasteiger charge is -2.09. The molecule has 2 aromatic rings.